The molecule has 3 aromatic rings. The van der Waals surface area contributed by atoms with E-state index in [-0.39, 0.29) is 5.91 Å². The first-order chi connectivity index (χ1) is 12.6. The molecule has 5 nitrogen and oxygen atoms in total. The zero-order valence-electron chi connectivity index (χ0n) is 14.6. The highest BCUT2D eigenvalue weighted by molar-refractivity contribution is 7.16. The van der Waals surface area contributed by atoms with E-state index in [9.17, 15) is 4.79 Å². The maximum atomic E-state index is 12.7. The first kappa shape index (κ1) is 18.6. The molecule has 0 radical (unpaired) electrons. The van der Waals surface area contributed by atoms with Gasteiger partial charge in [0.2, 0.25) is 0 Å². The number of amides is 1. The first-order valence-corrected chi connectivity index (χ1v) is 9.42. The molecule has 1 amide bonds. The number of ether oxygens (including phenoxy) is 2. The van der Waals surface area contributed by atoms with Crippen molar-refractivity contribution in [2.45, 2.75) is 13.5 Å². The highest BCUT2D eigenvalue weighted by Gasteiger charge is 2.13. The minimum absolute atomic E-state index is 0.342. The fourth-order valence-corrected chi connectivity index (χ4v) is 3.95. The summed E-state index contributed by atoms with van der Waals surface area (Å²) in [6.45, 7) is 3.74. The standard InChI is InChI=1S/C19H19ClN2O3S/c1-3-25-11-10-22-15-9-8-13(20)12-17(15)26-19(22)21-18(23)14-6-4-5-7-16(14)24-2/h4-9,12H,3,10-11H2,1-2H3. The van der Waals surface area contributed by atoms with Crippen LogP contribution >= 0.6 is 22.9 Å². The molecule has 0 aliphatic heterocycles. The summed E-state index contributed by atoms with van der Waals surface area (Å²) in [5.41, 5.74) is 1.41. The van der Waals surface area contributed by atoms with Gasteiger partial charge in [-0.05, 0) is 37.3 Å². The zero-order valence-corrected chi connectivity index (χ0v) is 16.1. The molecule has 7 heteroatoms. The molecule has 0 unspecified atom stereocenters. The molecule has 26 heavy (non-hydrogen) atoms. The second-order valence-corrected chi connectivity index (χ2v) is 6.91. The topological polar surface area (TPSA) is 52.8 Å². The van der Waals surface area contributed by atoms with Crippen LogP contribution in [0.3, 0.4) is 0 Å². The SMILES string of the molecule is CCOCCn1c(=NC(=O)c2ccccc2OC)sc2cc(Cl)ccc21. The number of carbonyl (C=O) groups is 1. The Bertz CT molecular complexity index is 994. The van der Waals surface area contributed by atoms with E-state index in [1.807, 2.05) is 35.8 Å². The lowest BCUT2D eigenvalue weighted by Gasteiger charge is -2.06. The van der Waals surface area contributed by atoms with Crippen LogP contribution in [0.1, 0.15) is 17.3 Å². The number of para-hydroxylation sites is 1. The summed E-state index contributed by atoms with van der Waals surface area (Å²) in [6.07, 6.45) is 0. The summed E-state index contributed by atoms with van der Waals surface area (Å²) in [7, 11) is 1.54. The third-order valence-corrected chi connectivity index (χ3v) is 5.12. The summed E-state index contributed by atoms with van der Waals surface area (Å²) in [5, 5.41) is 0.651. The van der Waals surface area contributed by atoms with Crippen LogP contribution in [0.15, 0.2) is 47.5 Å². The van der Waals surface area contributed by atoms with Gasteiger partial charge in [-0.2, -0.15) is 4.99 Å². The highest BCUT2D eigenvalue weighted by Crippen LogP contribution is 2.22. The lowest BCUT2D eigenvalue weighted by atomic mass is 10.2. The normalized spacial score (nSPS) is 11.9. The number of hydrogen-bond donors (Lipinski definition) is 0. The molecule has 0 bridgehead atoms. The Morgan fingerprint density at radius 3 is 2.85 bits per heavy atom. The number of nitrogens with zero attached hydrogens (tertiary/aromatic N) is 2. The van der Waals surface area contributed by atoms with Crippen molar-refractivity contribution in [3.05, 3.63) is 57.9 Å². The fraction of sp³-hybridized carbons (Fsp3) is 0.263. The van der Waals surface area contributed by atoms with Gasteiger partial charge in [-0.3, -0.25) is 4.79 Å². The summed E-state index contributed by atoms with van der Waals surface area (Å²) in [6, 6.07) is 12.7. The highest BCUT2D eigenvalue weighted by atomic mass is 35.5. The van der Waals surface area contributed by atoms with Crippen LogP contribution < -0.4 is 9.54 Å². The van der Waals surface area contributed by atoms with E-state index in [0.717, 1.165) is 10.2 Å². The van der Waals surface area contributed by atoms with Crippen LogP contribution in [0.25, 0.3) is 10.2 Å². The minimum Gasteiger partial charge on any atom is -0.496 e. The van der Waals surface area contributed by atoms with Gasteiger partial charge in [0.15, 0.2) is 4.80 Å². The Kier molecular flexibility index (Phi) is 6.08. The zero-order chi connectivity index (χ0) is 18.5. The lowest BCUT2D eigenvalue weighted by molar-refractivity contribution is 0.0993. The molecule has 3 rings (SSSR count). The number of hydrogen-bond acceptors (Lipinski definition) is 4. The van der Waals surface area contributed by atoms with Gasteiger partial charge in [0.1, 0.15) is 5.75 Å². The number of thiazole rings is 1. The number of methoxy groups -OCH3 is 1. The molecular weight excluding hydrogens is 372 g/mol. The number of fused-ring (bicyclic) bond motifs is 1. The molecule has 0 fully saturated rings. The van der Waals surface area contributed by atoms with Crippen molar-refractivity contribution >= 4 is 39.1 Å². The fourth-order valence-electron chi connectivity index (χ4n) is 2.62. The Labute approximate surface area is 160 Å². The number of rotatable bonds is 6. The van der Waals surface area contributed by atoms with Crippen LogP contribution in [0, 0.1) is 0 Å². The smallest absolute Gasteiger partial charge is 0.283 e. The van der Waals surface area contributed by atoms with Gasteiger partial charge >= 0.3 is 0 Å². The van der Waals surface area contributed by atoms with Gasteiger partial charge in [0.25, 0.3) is 5.91 Å². The summed E-state index contributed by atoms with van der Waals surface area (Å²) < 4.78 is 13.7. The van der Waals surface area contributed by atoms with Crippen LogP contribution in [0.5, 0.6) is 5.75 Å². The molecule has 0 saturated heterocycles. The minimum atomic E-state index is -0.342. The van der Waals surface area contributed by atoms with Gasteiger partial charge < -0.3 is 14.0 Å². The van der Waals surface area contributed by atoms with E-state index >= 15 is 0 Å². The van der Waals surface area contributed by atoms with Gasteiger partial charge in [0.05, 0.1) is 29.5 Å². The Morgan fingerprint density at radius 2 is 2.08 bits per heavy atom. The van der Waals surface area contributed by atoms with Crippen molar-refractivity contribution in [1.29, 1.82) is 0 Å². The molecule has 0 aliphatic rings. The quantitative estimate of drug-likeness (QED) is 0.594. The average molecular weight is 391 g/mol. The van der Waals surface area contributed by atoms with E-state index in [0.29, 0.717) is 40.9 Å². The van der Waals surface area contributed by atoms with Crippen molar-refractivity contribution in [3.63, 3.8) is 0 Å². The van der Waals surface area contributed by atoms with Crippen LogP contribution in [0.4, 0.5) is 0 Å². The monoisotopic (exact) mass is 390 g/mol. The predicted octanol–water partition coefficient (Wildman–Crippen LogP) is 4.14. The molecule has 0 saturated carbocycles. The van der Waals surface area contributed by atoms with E-state index < -0.39 is 0 Å². The molecule has 136 valence electrons. The van der Waals surface area contributed by atoms with Gasteiger partial charge in [-0.25, -0.2) is 0 Å². The maximum absolute atomic E-state index is 12.7. The lowest BCUT2D eigenvalue weighted by Crippen LogP contribution is -2.19. The predicted molar refractivity (Wildman–Crippen MR) is 104 cm³/mol. The second kappa shape index (κ2) is 8.49. The van der Waals surface area contributed by atoms with Crippen LogP contribution in [-0.2, 0) is 11.3 Å². The Hall–Kier alpha value is -2.15. The first-order valence-electron chi connectivity index (χ1n) is 8.22. The van der Waals surface area contributed by atoms with Crippen molar-refractivity contribution in [2.75, 3.05) is 20.3 Å². The number of aromatic nitrogens is 1. The maximum Gasteiger partial charge on any atom is 0.283 e. The van der Waals surface area contributed by atoms with Crippen molar-refractivity contribution < 1.29 is 14.3 Å². The third kappa shape index (κ3) is 3.98. The van der Waals surface area contributed by atoms with Crippen molar-refractivity contribution in [3.8, 4) is 5.75 Å². The van der Waals surface area contributed by atoms with Crippen LogP contribution in [-0.4, -0.2) is 30.8 Å². The number of carbonyl (C=O) groups excluding carboxylic acids is 1. The molecule has 0 atom stereocenters. The molecule has 0 spiro atoms. The molecule has 1 heterocycles. The Balaban J connectivity index is 2.08. The molecular formula is C19H19ClN2O3S. The summed E-state index contributed by atoms with van der Waals surface area (Å²) in [5.74, 6) is 0.163. The molecule has 0 N–H and O–H groups in total. The third-order valence-electron chi connectivity index (χ3n) is 3.84. The second-order valence-electron chi connectivity index (χ2n) is 5.46. The summed E-state index contributed by atoms with van der Waals surface area (Å²) >= 11 is 7.53. The van der Waals surface area contributed by atoms with Crippen molar-refractivity contribution in [1.82, 2.24) is 4.57 Å². The summed E-state index contributed by atoms with van der Waals surface area (Å²) in [4.78, 5) is 17.7. The number of halogens is 1. The van der Waals surface area contributed by atoms with E-state index in [1.54, 1.807) is 18.2 Å². The van der Waals surface area contributed by atoms with Gasteiger partial charge in [0, 0.05) is 18.2 Å². The molecule has 2 aromatic carbocycles. The van der Waals surface area contributed by atoms with Crippen LogP contribution in [0.2, 0.25) is 5.02 Å². The van der Waals surface area contributed by atoms with E-state index in [4.69, 9.17) is 21.1 Å². The Morgan fingerprint density at radius 1 is 1.27 bits per heavy atom. The van der Waals surface area contributed by atoms with Gasteiger partial charge in [-0.1, -0.05) is 35.1 Å². The number of benzene rings is 2. The van der Waals surface area contributed by atoms with E-state index in [1.165, 1.54) is 18.4 Å². The van der Waals surface area contributed by atoms with E-state index in [2.05, 4.69) is 4.99 Å². The van der Waals surface area contributed by atoms with Gasteiger partial charge in [-0.15, -0.1) is 0 Å². The molecule has 1 aromatic heterocycles. The largest absolute Gasteiger partial charge is 0.496 e. The van der Waals surface area contributed by atoms with Crippen molar-refractivity contribution in [2.24, 2.45) is 4.99 Å². The average Bonchev–Trinajstić information content (AvgIpc) is 2.98. The molecule has 0 aliphatic carbocycles.